The first-order valence-electron chi connectivity index (χ1n) is 8.14. The summed E-state index contributed by atoms with van der Waals surface area (Å²) in [7, 11) is 1.72. The van der Waals surface area contributed by atoms with Gasteiger partial charge in [-0.05, 0) is 30.7 Å². The second-order valence-corrected chi connectivity index (χ2v) is 6.14. The summed E-state index contributed by atoms with van der Waals surface area (Å²) in [5.74, 6) is 0.385. The highest BCUT2D eigenvalue weighted by molar-refractivity contribution is 5.96. The van der Waals surface area contributed by atoms with E-state index in [4.69, 9.17) is 4.98 Å². The van der Waals surface area contributed by atoms with Crippen LogP contribution in [-0.4, -0.2) is 27.4 Å². The van der Waals surface area contributed by atoms with Crippen LogP contribution in [0.4, 0.5) is 0 Å². The van der Waals surface area contributed by atoms with Gasteiger partial charge in [0, 0.05) is 7.05 Å². The minimum atomic E-state index is -0.586. The van der Waals surface area contributed by atoms with Gasteiger partial charge in [0.1, 0.15) is 6.04 Å². The largest absolute Gasteiger partial charge is 0.310 e. The first-order chi connectivity index (χ1) is 12.1. The Morgan fingerprint density at radius 3 is 2.44 bits per heavy atom. The molecule has 0 spiro atoms. The molecule has 5 heteroatoms. The molecule has 5 nitrogen and oxygen atoms in total. The summed E-state index contributed by atoms with van der Waals surface area (Å²) in [5, 5.41) is 0.523. The Kier molecular flexibility index (Phi) is 3.50. The van der Waals surface area contributed by atoms with Gasteiger partial charge < -0.3 is 4.90 Å². The molecular formula is C20H17N3O2. The molecule has 4 rings (SSSR count). The van der Waals surface area contributed by atoms with Crippen LogP contribution >= 0.6 is 0 Å². The van der Waals surface area contributed by atoms with Crippen molar-refractivity contribution in [3.05, 3.63) is 76.3 Å². The normalized spacial score (nSPS) is 18.6. The molecule has 2 aromatic carbocycles. The number of benzene rings is 2. The quantitative estimate of drug-likeness (QED) is 0.689. The van der Waals surface area contributed by atoms with Crippen LogP contribution < -0.4 is 5.56 Å². The lowest BCUT2D eigenvalue weighted by Crippen LogP contribution is -2.44. The molecule has 0 aliphatic carbocycles. The van der Waals surface area contributed by atoms with E-state index in [1.807, 2.05) is 48.5 Å². The number of aromatic nitrogens is 2. The zero-order valence-electron chi connectivity index (χ0n) is 14.0. The first kappa shape index (κ1) is 15.3. The van der Waals surface area contributed by atoms with E-state index in [0.29, 0.717) is 22.4 Å². The van der Waals surface area contributed by atoms with E-state index in [-0.39, 0.29) is 11.5 Å². The molecule has 124 valence electrons. The van der Waals surface area contributed by atoms with Gasteiger partial charge in [-0.1, -0.05) is 42.5 Å². The van der Waals surface area contributed by atoms with Gasteiger partial charge in [-0.25, -0.2) is 4.98 Å². The van der Waals surface area contributed by atoms with Gasteiger partial charge in [0.25, 0.3) is 5.56 Å². The highest BCUT2D eigenvalue weighted by Crippen LogP contribution is 2.29. The zero-order chi connectivity index (χ0) is 17.6. The Hall–Kier alpha value is -3.21. The van der Waals surface area contributed by atoms with Crippen molar-refractivity contribution < 1.29 is 4.79 Å². The molecule has 0 bridgehead atoms. The Morgan fingerprint density at radius 1 is 1.00 bits per heavy atom. The molecule has 0 radical (unpaired) electrons. The number of amides is 1. The van der Waals surface area contributed by atoms with Crippen molar-refractivity contribution in [2.24, 2.45) is 0 Å². The lowest BCUT2D eigenvalue weighted by Gasteiger charge is -2.32. The van der Waals surface area contributed by atoms with E-state index in [9.17, 15) is 9.59 Å². The topological polar surface area (TPSA) is 55.2 Å². The van der Waals surface area contributed by atoms with Gasteiger partial charge in [-0.15, -0.1) is 0 Å². The van der Waals surface area contributed by atoms with Crippen LogP contribution in [0, 0.1) is 0 Å². The number of hydrogen-bond acceptors (Lipinski definition) is 3. The molecule has 1 aliphatic heterocycles. The molecule has 0 saturated heterocycles. The van der Waals surface area contributed by atoms with Crippen LogP contribution in [0.1, 0.15) is 24.4 Å². The Labute approximate surface area is 144 Å². The minimum Gasteiger partial charge on any atom is -0.310 e. The maximum absolute atomic E-state index is 13.0. The number of carbonyl (C=O) groups excluding carboxylic acids is 1. The van der Waals surface area contributed by atoms with E-state index in [2.05, 4.69) is 0 Å². The lowest BCUT2D eigenvalue weighted by atomic mass is 10.1. The van der Waals surface area contributed by atoms with Crippen molar-refractivity contribution >= 4 is 28.6 Å². The van der Waals surface area contributed by atoms with Crippen molar-refractivity contribution in [1.29, 1.82) is 0 Å². The molecule has 0 N–H and O–H groups in total. The SMILES string of the molecule is C[C@H]1C(=O)N(C)/C(=C\c2ccccc2)c2nc3ccccc3c(=O)n21. The second-order valence-electron chi connectivity index (χ2n) is 6.14. The van der Waals surface area contributed by atoms with E-state index in [0.717, 1.165) is 5.56 Å². The van der Waals surface area contributed by atoms with Crippen molar-refractivity contribution in [3.63, 3.8) is 0 Å². The second kappa shape index (κ2) is 5.70. The molecular weight excluding hydrogens is 314 g/mol. The predicted molar refractivity (Wildman–Crippen MR) is 97.8 cm³/mol. The third-order valence-corrected chi connectivity index (χ3v) is 4.58. The van der Waals surface area contributed by atoms with Crippen LogP contribution in [0.5, 0.6) is 0 Å². The first-order valence-corrected chi connectivity index (χ1v) is 8.14. The van der Waals surface area contributed by atoms with Gasteiger partial charge >= 0.3 is 0 Å². The summed E-state index contributed by atoms with van der Waals surface area (Å²) < 4.78 is 1.50. The Bertz CT molecular complexity index is 1070. The Morgan fingerprint density at radius 2 is 1.68 bits per heavy atom. The maximum atomic E-state index is 13.0. The highest BCUT2D eigenvalue weighted by atomic mass is 16.2. The monoisotopic (exact) mass is 331 g/mol. The van der Waals surface area contributed by atoms with Gasteiger partial charge in [0.2, 0.25) is 5.91 Å². The Balaban J connectivity index is 2.06. The standard InChI is InChI=1S/C20H17N3O2/c1-13-19(24)22(2)17(12-14-8-4-3-5-9-14)18-21-16-11-7-6-10-15(16)20(25)23(13)18/h3-13H,1-2H3/b17-12-/t13-/m0/s1. The molecule has 1 aromatic heterocycles. The average molecular weight is 331 g/mol. The summed E-state index contributed by atoms with van der Waals surface area (Å²) >= 11 is 0. The predicted octanol–water partition coefficient (Wildman–Crippen LogP) is 2.93. The fourth-order valence-corrected chi connectivity index (χ4v) is 3.21. The highest BCUT2D eigenvalue weighted by Gasteiger charge is 2.33. The fraction of sp³-hybridized carbons (Fsp3) is 0.150. The van der Waals surface area contributed by atoms with Gasteiger partial charge in [-0.3, -0.25) is 14.2 Å². The van der Waals surface area contributed by atoms with Gasteiger partial charge in [0.05, 0.1) is 16.6 Å². The summed E-state index contributed by atoms with van der Waals surface area (Å²) in [5.41, 5.74) is 2.01. The van der Waals surface area contributed by atoms with Crippen LogP contribution in [0.15, 0.2) is 59.4 Å². The zero-order valence-corrected chi connectivity index (χ0v) is 14.0. The minimum absolute atomic E-state index is 0.131. The third-order valence-electron chi connectivity index (χ3n) is 4.58. The summed E-state index contributed by atoms with van der Waals surface area (Å²) in [4.78, 5) is 31.9. The third kappa shape index (κ3) is 2.36. The van der Waals surface area contributed by atoms with E-state index in [1.54, 1.807) is 31.0 Å². The lowest BCUT2D eigenvalue weighted by molar-refractivity contribution is -0.130. The molecule has 25 heavy (non-hydrogen) atoms. The molecule has 1 aliphatic rings. The summed E-state index contributed by atoms with van der Waals surface area (Å²) in [6.45, 7) is 1.74. The van der Waals surface area contributed by atoms with Crippen LogP contribution in [0.2, 0.25) is 0 Å². The smallest absolute Gasteiger partial charge is 0.262 e. The number of rotatable bonds is 1. The molecule has 0 unspecified atom stereocenters. The number of nitrogens with zero attached hydrogens (tertiary/aromatic N) is 3. The summed E-state index contributed by atoms with van der Waals surface area (Å²) in [6, 6.07) is 16.3. The number of para-hydroxylation sites is 1. The van der Waals surface area contributed by atoms with E-state index in [1.165, 1.54) is 4.57 Å². The van der Waals surface area contributed by atoms with Crippen molar-refractivity contribution in [2.45, 2.75) is 13.0 Å². The molecule has 0 saturated carbocycles. The number of hydrogen-bond donors (Lipinski definition) is 0. The number of carbonyl (C=O) groups is 1. The van der Waals surface area contributed by atoms with Crippen molar-refractivity contribution in [1.82, 2.24) is 14.5 Å². The maximum Gasteiger partial charge on any atom is 0.262 e. The fourth-order valence-electron chi connectivity index (χ4n) is 3.21. The summed E-state index contributed by atoms with van der Waals surface area (Å²) in [6.07, 6.45) is 1.89. The van der Waals surface area contributed by atoms with Crippen LogP contribution in [0.25, 0.3) is 22.7 Å². The van der Waals surface area contributed by atoms with Crippen molar-refractivity contribution in [3.8, 4) is 0 Å². The average Bonchev–Trinajstić information content (AvgIpc) is 2.64. The molecule has 1 amide bonds. The molecule has 3 aromatic rings. The van der Waals surface area contributed by atoms with E-state index >= 15 is 0 Å². The van der Waals surface area contributed by atoms with Crippen molar-refractivity contribution in [2.75, 3.05) is 7.05 Å². The molecule has 0 fully saturated rings. The number of fused-ring (bicyclic) bond motifs is 2. The molecule has 2 heterocycles. The van der Waals surface area contributed by atoms with E-state index < -0.39 is 6.04 Å². The van der Waals surface area contributed by atoms with Crippen LogP contribution in [0.3, 0.4) is 0 Å². The van der Waals surface area contributed by atoms with Gasteiger partial charge in [0.15, 0.2) is 5.82 Å². The molecule has 1 atom stereocenters. The number of likely N-dealkylation sites (N-methyl/N-ethyl adjacent to an activating group) is 1. The van der Waals surface area contributed by atoms with Gasteiger partial charge in [-0.2, -0.15) is 0 Å². The van der Waals surface area contributed by atoms with Crippen LogP contribution in [-0.2, 0) is 4.79 Å².